The van der Waals surface area contributed by atoms with Crippen molar-refractivity contribution >= 4 is 11.6 Å². The maximum atomic E-state index is 6.21. The maximum absolute atomic E-state index is 6.21. The average molecular weight is 280 g/mol. The number of hydrogen-bond donors (Lipinski definition) is 1. The standard InChI is InChI=1S/C17H26ClN/c1-16(2)9-14(10-17(3,4)12-16)19-11-13-7-5-6-8-15(13)18/h5-8,14,19H,9-12H2,1-4H3. The summed E-state index contributed by atoms with van der Waals surface area (Å²) in [6.07, 6.45) is 3.81. The van der Waals surface area contributed by atoms with E-state index in [-0.39, 0.29) is 0 Å². The van der Waals surface area contributed by atoms with Gasteiger partial charge in [0.25, 0.3) is 0 Å². The second-order valence-corrected chi connectivity index (χ2v) is 7.99. The van der Waals surface area contributed by atoms with E-state index in [2.05, 4.69) is 45.1 Å². The Bertz CT molecular complexity index is 421. The first kappa shape index (κ1) is 14.9. The van der Waals surface area contributed by atoms with Gasteiger partial charge < -0.3 is 5.32 Å². The molecule has 0 aliphatic heterocycles. The Balaban J connectivity index is 1.98. The molecule has 2 rings (SSSR count). The van der Waals surface area contributed by atoms with Crippen molar-refractivity contribution in [2.75, 3.05) is 0 Å². The molecule has 2 heteroatoms. The first-order valence-corrected chi connectivity index (χ1v) is 7.62. The largest absolute Gasteiger partial charge is 0.310 e. The molecule has 0 atom stereocenters. The van der Waals surface area contributed by atoms with E-state index in [1.54, 1.807) is 0 Å². The van der Waals surface area contributed by atoms with E-state index in [4.69, 9.17) is 11.6 Å². The van der Waals surface area contributed by atoms with E-state index >= 15 is 0 Å². The Morgan fingerprint density at radius 2 is 1.68 bits per heavy atom. The summed E-state index contributed by atoms with van der Waals surface area (Å²) in [5.74, 6) is 0. The van der Waals surface area contributed by atoms with Gasteiger partial charge in [0.1, 0.15) is 0 Å². The molecule has 19 heavy (non-hydrogen) atoms. The van der Waals surface area contributed by atoms with Gasteiger partial charge in [-0.3, -0.25) is 0 Å². The summed E-state index contributed by atoms with van der Waals surface area (Å²) in [6, 6.07) is 8.70. The van der Waals surface area contributed by atoms with Crippen LogP contribution in [0.5, 0.6) is 0 Å². The van der Waals surface area contributed by atoms with Crippen molar-refractivity contribution < 1.29 is 0 Å². The van der Waals surface area contributed by atoms with Crippen LogP contribution in [-0.4, -0.2) is 6.04 Å². The van der Waals surface area contributed by atoms with Crippen LogP contribution in [0.2, 0.25) is 5.02 Å². The highest BCUT2D eigenvalue weighted by atomic mass is 35.5. The van der Waals surface area contributed by atoms with Crippen LogP contribution in [0.15, 0.2) is 24.3 Å². The minimum absolute atomic E-state index is 0.430. The summed E-state index contributed by atoms with van der Waals surface area (Å²) >= 11 is 6.21. The molecular formula is C17H26ClN. The van der Waals surface area contributed by atoms with Gasteiger partial charge in [0.15, 0.2) is 0 Å². The summed E-state index contributed by atoms with van der Waals surface area (Å²) in [7, 11) is 0. The number of rotatable bonds is 3. The van der Waals surface area contributed by atoms with Gasteiger partial charge >= 0.3 is 0 Å². The molecule has 106 valence electrons. The highest BCUT2D eigenvalue weighted by molar-refractivity contribution is 6.31. The lowest BCUT2D eigenvalue weighted by Crippen LogP contribution is -2.43. The van der Waals surface area contributed by atoms with Crippen molar-refractivity contribution in [1.82, 2.24) is 5.32 Å². The Hall–Kier alpha value is -0.530. The molecule has 1 aliphatic rings. The molecule has 0 spiro atoms. The van der Waals surface area contributed by atoms with Crippen LogP contribution in [0.4, 0.5) is 0 Å². The van der Waals surface area contributed by atoms with E-state index in [0.717, 1.165) is 11.6 Å². The molecule has 0 aromatic heterocycles. The SMILES string of the molecule is CC1(C)CC(NCc2ccccc2Cl)CC(C)(C)C1. The van der Waals surface area contributed by atoms with Crippen LogP contribution in [-0.2, 0) is 6.54 Å². The Labute approximate surface area is 122 Å². The van der Waals surface area contributed by atoms with Crippen LogP contribution < -0.4 is 5.32 Å². The third kappa shape index (κ3) is 4.22. The molecule has 0 bridgehead atoms. The Morgan fingerprint density at radius 1 is 1.11 bits per heavy atom. The molecule has 1 fully saturated rings. The van der Waals surface area contributed by atoms with Crippen LogP contribution in [0, 0.1) is 10.8 Å². The molecule has 1 nitrogen and oxygen atoms in total. The molecule has 1 aromatic carbocycles. The minimum Gasteiger partial charge on any atom is -0.310 e. The zero-order valence-electron chi connectivity index (χ0n) is 12.6. The number of halogens is 1. The van der Waals surface area contributed by atoms with Gasteiger partial charge in [-0.1, -0.05) is 57.5 Å². The van der Waals surface area contributed by atoms with Crippen molar-refractivity contribution in [2.24, 2.45) is 10.8 Å². The second kappa shape index (κ2) is 5.46. The predicted molar refractivity (Wildman–Crippen MR) is 83.5 cm³/mol. The van der Waals surface area contributed by atoms with Gasteiger partial charge in [0.05, 0.1) is 0 Å². The van der Waals surface area contributed by atoms with Gasteiger partial charge in [-0.05, 0) is 41.7 Å². The normalized spacial score (nSPS) is 22.4. The lowest BCUT2D eigenvalue weighted by Gasteiger charge is -2.45. The summed E-state index contributed by atoms with van der Waals surface area (Å²) < 4.78 is 0. The van der Waals surface area contributed by atoms with Crippen molar-refractivity contribution in [3.63, 3.8) is 0 Å². The van der Waals surface area contributed by atoms with Crippen LogP contribution in [0.1, 0.15) is 52.5 Å². The molecule has 0 amide bonds. The van der Waals surface area contributed by atoms with Crippen LogP contribution in [0.3, 0.4) is 0 Å². The topological polar surface area (TPSA) is 12.0 Å². The first-order chi connectivity index (χ1) is 8.77. The highest BCUT2D eigenvalue weighted by Gasteiger charge is 2.38. The van der Waals surface area contributed by atoms with E-state index in [0.29, 0.717) is 16.9 Å². The van der Waals surface area contributed by atoms with Gasteiger partial charge in [-0.15, -0.1) is 0 Å². The third-order valence-electron chi connectivity index (χ3n) is 4.09. The monoisotopic (exact) mass is 279 g/mol. The molecule has 1 aromatic rings. The van der Waals surface area contributed by atoms with Crippen molar-refractivity contribution in [3.05, 3.63) is 34.9 Å². The third-order valence-corrected chi connectivity index (χ3v) is 4.46. The summed E-state index contributed by atoms with van der Waals surface area (Å²) in [5.41, 5.74) is 2.06. The van der Waals surface area contributed by atoms with Gasteiger partial charge in [0.2, 0.25) is 0 Å². The van der Waals surface area contributed by atoms with E-state index < -0.39 is 0 Å². The van der Waals surface area contributed by atoms with E-state index in [1.165, 1.54) is 24.8 Å². The Kier molecular flexibility index (Phi) is 4.27. The van der Waals surface area contributed by atoms with Crippen molar-refractivity contribution in [2.45, 2.75) is 59.5 Å². The summed E-state index contributed by atoms with van der Waals surface area (Å²) in [5, 5.41) is 4.57. The average Bonchev–Trinajstić information content (AvgIpc) is 2.23. The molecule has 1 N–H and O–H groups in total. The molecule has 0 unspecified atom stereocenters. The zero-order chi connectivity index (χ0) is 14.1. The highest BCUT2D eigenvalue weighted by Crippen LogP contribution is 2.45. The van der Waals surface area contributed by atoms with Crippen molar-refractivity contribution in [3.8, 4) is 0 Å². The lowest BCUT2D eigenvalue weighted by atomic mass is 9.63. The molecule has 0 radical (unpaired) electrons. The molecule has 1 saturated carbocycles. The molecular weight excluding hydrogens is 254 g/mol. The van der Waals surface area contributed by atoms with E-state index in [1.807, 2.05) is 12.1 Å². The number of nitrogens with one attached hydrogen (secondary N) is 1. The Morgan fingerprint density at radius 3 is 2.26 bits per heavy atom. The quantitative estimate of drug-likeness (QED) is 0.818. The lowest BCUT2D eigenvalue weighted by molar-refractivity contribution is 0.0845. The fourth-order valence-electron chi connectivity index (χ4n) is 3.89. The maximum Gasteiger partial charge on any atom is 0.0450 e. The van der Waals surface area contributed by atoms with Crippen LogP contribution in [0.25, 0.3) is 0 Å². The fraction of sp³-hybridized carbons (Fsp3) is 0.647. The summed E-state index contributed by atoms with van der Waals surface area (Å²) in [6.45, 7) is 10.4. The smallest absolute Gasteiger partial charge is 0.0450 e. The summed E-state index contributed by atoms with van der Waals surface area (Å²) in [4.78, 5) is 0. The number of hydrogen-bond acceptors (Lipinski definition) is 1. The number of benzene rings is 1. The molecule has 1 aliphatic carbocycles. The van der Waals surface area contributed by atoms with Gasteiger partial charge in [-0.2, -0.15) is 0 Å². The second-order valence-electron chi connectivity index (χ2n) is 7.58. The zero-order valence-corrected chi connectivity index (χ0v) is 13.3. The minimum atomic E-state index is 0.430. The molecule has 0 heterocycles. The van der Waals surface area contributed by atoms with Gasteiger partial charge in [-0.25, -0.2) is 0 Å². The van der Waals surface area contributed by atoms with Gasteiger partial charge in [0, 0.05) is 17.6 Å². The fourth-order valence-corrected chi connectivity index (χ4v) is 4.09. The predicted octanol–water partition coefficient (Wildman–Crippen LogP) is 5.03. The first-order valence-electron chi connectivity index (χ1n) is 7.24. The van der Waals surface area contributed by atoms with Crippen molar-refractivity contribution in [1.29, 1.82) is 0 Å². The molecule has 0 saturated heterocycles. The van der Waals surface area contributed by atoms with E-state index in [9.17, 15) is 0 Å². The van der Waals surface area contributed by atoms with Crippen LogP contribution >= 0.6 is 11.6 Å².